The van der Waals surface area contributed by atoms with Crippen molar-refractivity contribution in [2.75, 3.05) is 76.2 Å². The molecule has 5 rings (SSSR count). The number of nitrogens with zero attached hydrogens (tertiary/aromatic N) is 5. The van der Waals surface area contributed by atoms with Crippen LogP contribution < -0.4 is 20.3 Å². The summed E-state index contributed by atoms with van der Waals surface area (Å²) < 4.78 is 30.6. The van der Waals surface area contributed by atoms with Crippen molar-refractivity contribution >= 4 is 49.6 Å². The number of likely N-dealkylation sites (N-methyl/N-ethyl adjacent to an activating group) is 2. The lowest BCUT2D eigenvalue weighted by molar-refractivity contribution is 0.190. The largest absolute Gasteiger partial charge is 0.494 e. The fourth-order valence-corrected chi connectivity index (χ4v) is 6.30. The predicted molar refractivity (Wildman–Crippen MR) is 175 cm³/mol. The number of benzene rings is 3. The summed E-state index contributed by atoms with van der Waals surface area (Å²) in [6.45, 7) is 4.12. The SMILES string of the molecule is COc1cc(N2CCC(N(C)CCN(C)C)CC2)ccc1Nc1nc(Nc2ccccc2S(C)(=O)=O)c2ccccc2n1. The molecule has 0 atom stereocenters. The molecular formula is C32H41N7O3S. The van der Waals surface area contributed by atoms with Crippen LogP contribution in [0.4, 0.5) is 28.8 Å². The zero-order chi connectivity index (χ0) is 30.6. The molecule has 0 bridgehead atoms. The lowest BCUT2D eigenvalue weighted by Crippen LogP contribution is -2.45. The number of piperidine rings is 1. The Morgan fingerprint density at radius 2 is 1.63 bits per heavy atom. The first-order chi connectivity index (χ1) is 20.6. The van der Waals surface area contributed by atoms with E-state index in [1.54, 1.807) is 31.4 Å². The van der Waals surface area contributed by atoms with Gasteiger partial charge in [-0.15, -0.1) is 0 Å². The molecule has 0 radical (unpaired) electrons. The Morgan fingerprint density at radius 1 is 0.907 bits per heavy atom. The van der Waals surface area contributed by atoms with Crippen molar-refractivity contribution in [1.29, 1.82) is 0 Å². The lowest BCUT2D eigenvalue weighted by Gasteiger charge is -2.38. The first kappa shape index (κ1) is 30.5. The molecule has 1 aliphatic rings. The van der Waals surface area contributed by atoms with Crippen LogP contribution in [0.1, 0.15) is 12.8 Å². The molecule has 2 N–H and O–H groups in total. The van der Waals surface area contributed by atoms with Gasteiger partial charge in [-0.05, 0) is 70.4 Å². The molecule has 228 valence electrons. The third-order valence-corrected chi connectivity index (χ3v) is 9.08. The van der Waals surface area contributed by atoms with Crippen molar-refractivity contribution < 1.29 is 13.2 Å². The summed E-state index contributed by atoms with van der Waals surface area (Å²) in [5.74, 6) is 1.56. The molecule has 1 fully saturated rings. The van der Waals surface area contributed by atoms with Crippen LogP contribution in [0, 0.1) is 0 Å². The van der Waals surface area contributed by atoms with Crippen LogP contribution in [0.2, 0.25) is 0 Å². The third kappa shape index (κ3) is 7.35. The minimum absolute atomic E-state index is 0.203. The Morgan fingerprint density at radius 3 is 2.35 bits per heavy atom. The van der Waals surface area contributed by atoms with Gasteiger partial charge < -0.3 is 30.1 Å². The monoisotopic (exact) mass is 603 g/mol. The van der Waals surface area contributed by atoms with Gasteiger partial charge in [0.15, 0.2) is 9.84 Å². The van der Waals surface area contributed by atoms with Crippen molar-refractivity contribution in [3.8, 4) is 5.75 Å². The molecule has 1 aromatic heterocycles. The highest BCUT2D eigenvalue weighted by molar-refractivity contribution is 7.90. The van der Waals surface area contributed by atoms with Gasteiger partial charge in [-0.1, -0.05) is 24.3 Å². The van der Waals surface area contributed by atoms with Gasteiger partial charge >= 0.3 is 0 Å². The van der Waals surface area contributed by atoms with Crippen molar-refractivity contribution in [3.05, 3.63) is 66.7 Å². The van der Waals surface area contributed by atoms with E-state index in [0.717, 1.165) is 55.8 Å². The molecule has 0 aliphatic carbocycles. The van der Waals surface area contributed by atoms with Crippen LogP contribution >= 0.6 is 0 Å². The van der Waals surface area contributed by atoms with Crippen LogP contribution in [0.5, 0.6) is 5.75 Å². The van der Waals surface area contributed by atoms with Gasteiger partial charge in [0, 0.05) is 55.6 Å². The van der Waals surface area contributed by atoms with Crippen molar-refractivity contribution in [2.24, 2.45) is 0 Å². The van der Waals surface area contributed by atoms with E-state index in [9.17, 15) is 8.42 Å². The first-order valence-corrected chi connectivity index (χ1v) is 16.4. The summed E-state index contributed by atoms with van der Waals surface area (Å²) in [4.78, 5) is 16.8. The molecule has 10 nitrogen and oxygen atoms in total. The fourth-order valence-electron chi connectivity index (χ4n) is 5.45. The summed E-state index contributed by atoms with van der Waals surface area (Å²) in [6, 6.07) is 21.2. The summed E-state index contributed by atoms with van der Waals surface area (Å²) in [5.41, 5.74) is 3.03. The number of methoxy groups -OCH3 is 1. The molecule has 1 aliphatic heterocycles. The number of hydrogen-bond donors (Lipinski definition) is 2. The smallest absolute Gasteiger partial charge is 0.229 e. The molecule has 3 aromatic carbocycles. The molecule has 4 aromatic rings. The number of nitrogens with one attached hydrogen (secondary N) is 2. The Balaban J connectivity index is 1.36. The third-order valence-electron chi connectivity index (χ3n) is 7.93. The summed E-state index contributed by atoms with van der Waals surface area (Å²) in [5, 5.41) is 7.34. The van der Waals surface area contributed by atoms with E-state index in [0.29, 0.717) is 34.8 Å². The molecule has 2 heterocycles. The second-order valence-electron chi connectivity index (χ2n) is 11.3. The second kappa shape index (κ2) is 13.2. The highest BCUT2D eigenvalue weighted by Gasteiger charge is 2.23. The van der Waals surface area contributed by atoms with Crippen LogP contribution in [0.15, 0.2) is 71.6 Å². The molecule has 0 spiro atoms. The molecule has 1 saturated heterocycles. The van der Waals surface area contributed by atoms with Crippen molar-refractivity contribution in [3.63, 3.8) is 0 Å². The predicted octanol–water partition coefficient (Wildman–Crippen LogP) is 4.99. The molecule has 0 unspecified atom stereocenters. The minimum Gasteiger partial charge on any atom is -0.494 e. The summed E-state index contributed by atoms with van der Waals surface area (Å²) in [7, 11) is 4.67. The van der Waals surface area contributed by atoms with E-state index in [2.05, 4.69) is 58.6 Å². The number of aromatic nitrogens is 2. The average Bonchev–Trinajstić information content (AvgIpc) is 3.00. The van der Waals surface area contributed by atoms with E-state index in [4.69, 9.17) is 14.7 Å². The number of fused-ring (bicyclic) bond motifs is 1. The highest BCUT2D eigenvalue weighted by Crippen LogP contribution is 2.34. The number of rotatable bonds is 11. The maximum Gasteiger partial charge on any atom is 0.229 e. The minimum atomic E-state index is -3.45. The zero-order valence-electron chi connectivity index (χ0n) is 25.5. The standard InChI is InChI=1S/C32H41N7O3S/c1-37(2)20-21-38(3)23-16-18-39(19-17-23)24-14-15-27(29(22-24)42-4)35-32-34-26-11-7-6-10-25(26)31(36-32)33-28-12-8-9-13-30(28)43(5,40)41/h6-15,22-23H,16-21H2,1-5H3,(H2,33,34,35,36). The second-order valence-corrected chi connectivity index (χ2v) is 13.3. The van der Waals surface area contributed by atoms with Crippen LogP contribution in [0.25, 0.3) is 10.9 Å². The number of para-hydroxylation sites is 2. The summed E-state index contributed by atoms with van der Waals surface area (Å²) in [6.07, 6.45) is 3.44. The molecule has 0 saturated carbocycles. The lowest BCUT2D eigenvalue weighted by atomic mass is 10.0. The van der Waals surface area contributed by atoms with Crippen LogP contribution in [-0.4, -0.2) is 94.9 Å². The van der Waals surface area contributed by atoms with Crippen molar-refractivity contribution in [1.82, 2.24) is 19.8 Å². The number of hydrogen-bond acceptors (Lipinski definition) is 10. The Kier molecular flexibility index (Phi) is 9.34. The maximum absolute atomic E-state index is 12.4. The van der Waals surface area contributed by atoms with Gasteiger partial charge in [-0.25, -0.2) is 13.4 Å². The number of ether oxygens (including phenoxy) is 1. The number of sulfone groups is 1. The fraction of sp³-hybridized carbons (Fsp3) is 0.375. The van der Waals surface area contributed by atoms with E-state index in [1.165, 1.54) is 6.26 Å². The van der Waals surface area contributed by atoms with Gasteiger partial charge in [-0.2, -0.15) is 4.98 Å². The molecule has 0 amide bonds. The van der Waals surface area contributed by atoms with E-state index < -0.39 is 9.84 Å². The Bertz CT molecular complexity index is 1670. The average molecular weight is 604 g/mol. The molecule has 43 heavy (non-hydrogen) atoms. The van der Waals surface area contributed by atoms with Gasteiger partial charge in [0.2, 0.25) is 5.95 Å². The van der Waals surface area contributed by atoms with E-state index in [1.807, 2.05) is 30.3 Å². The first-order valence-electron chi connectivity index (χ1n) is 14.5. The molecule has 11 heteroatoms. The normalized spacial score (nSPS) is 14.4. The van der Waals surface area contributed by atoms with Gasteiger partial charge in [0.25, 0.3) is 0 Å². The zero-order valence-corrected chi connectivity index (χ0v) is 26.4. The van der Waals surface area contributed by atoms with E-state index >= 15 is 0 Å². The van der Waals surface area contributed by atoms with Crippen LogP contribution in [0.3, 0.4) is 0 Å². The number of anilines is 5. The quantitative estimate of drug-likeness (QED) is 0.244. The van der Waals surface area contributed by atoms with Gasteiger partial charge in [0.1, 0.15) is 11.6 Å². The highest BCUT2D eigenvalue weighted by atomic mass is 32.2. The van der Waals surface area contributed by atoms with Crippen molar-refractivity contribution in [2.45, 2.75) is 23.8 Å². The molecular weight excluding hydrogens is 562 g/mol. The van der Waals surface area contributed by atoms with E-state index in [-0.39, 0.29) is 4.90 Å². The maximum atomic E-state index is 12.4. The van der Waals surface area contributed by atoms with Crippen LogP contribution in [-0.2, 0) is 9.84 Å². The van der Waals surface area contributed by atoms with Gasteiger partial charge in [0.05, 0.1) is 28.9 Å². The Labute approximate surface area is 254 Å². The topological polar surface area (TPSA) is 103 Å². The summed E-state index contributed by atoms with van der Waals surface area (Å²) >= 11 is 0. The Hall–Kier alpha value is -3.93. The van der Waals surface area contributed by atoms with Gasteiger partial charge in [-0.3, -0.25) is 0 Å².